The molecule has 1 amide bonds. The van der Waals surface area contributed by atoms with E-state index in [1.54, 1.807) is 6.92 Å². The maximum atomic E-state index is 12.7. The number of halogens is 1. The van der Waals surface area contributed by atoms with Crippen LogP contribution in [0, 0.1) is 6.92 Å². The van der Waals surface area contributed by atoms with Crippen LogP contribution in [0.25, 0.3) is 0 Å². The number of thiophene rings is 1. The van der Waals surface area contributed by atoms with Crippen LogP contribution >= 0.6 is 22.9 Å². The van der Waals surface area contributed by atoms with Gasteiger partial charge in [0.1, 0.15) is 20.5 Å². The SMILES string of the molecule is Cc1noc(NS(=O)(=O)c2ccsc2C(=O)N[C@@H](C)c2ccccc2)c1Cl. The Morgan fingerprint density at radius 3 is 2.59 bits per heavy atom. The highest BCUT2D eigenvalue weighted by atomic mass is 35.5. The molecule has 3 aromatic rings. The van der Waals surface area contributed by atoms with Gasteiger partial charge in [-0.2, -0.15) is 0 Å². The minimum atomic E-state index is -4.07. The van der Waals surface area contributed by atoms with Gasteiger partial charge in [0.15, 0.2) is 0 Å². The van der Waals surface area contributed by atoms with E-state index in [0.29, 0.717) is 5.69 Å². The summed E-state index contributed by atoms with van der Waals surface area (Å²) in [4.78, 5) is 12.5. The van der Waals surface area contributed by atoms with Crippen molar-refractivity contribution >= 4 is 44.8 Å². The number of amides is 1. The normalized spacial score (nSPS) is 12.6. The third-order valence-corrected chi connectivity index (χ3v) is 6.65. The van der Waals surface area contributed by atoms with Crippen LogP contribution in [0.4, 0.5) is 5.88 Å². The van der Waals surface area contributed by atoms with Crippen LogP contribution in [0.2, 0.25) is 5.02 Å². The van der Waals surface area contributed by atoms with Crippen LogP contribution < -0.4 is 10.0 Å². The molecule has 27 heavy (non-hydrogen) atoms. The van der Waals surface area contributed by atoms with Crippen molar-refractivity contribution in [3.63, 3.8) is 0 Å². The lowest BCUT2D eigenvalue weighted by atomic mass is 10.1. The van der Waals surface area contributed by atoms with Gasteiger partial charge in [-0.15, -0.1) is 11.3 Å². The third-order valence-electron chi connectivity index (χ3n) is 3.79. The van der Waals surface area contributed by atoms with Gasteiger partial charge in [-0.3, -0.25) is 4.79 Å². The summed E-state index contributed by atoms with van der Waals surface area (Å²) in [7, 11) is -4.07. The number of hydrogen-bond acceptors (Lipinski definition) is 6. The predicted octanol–water partition coefficient (Wildman–Crippen LogP) is 3.99. The second-order valence-electron chi connectivity index (χ2n) is 5.74. The number of sulfonamides is 1. The molecule has 0 fully saturated rings. The van der Waals surface area contributed by atoms with Gasteiger partial charge in [0, 0.05) is 0 Å². The first-order valence-corrected chi connectivity index (χ1v) is 10.6. The van der Waals surface area contributed by atoms with E-state index in [0.717, 1.165) is 16.9 Å². The molecule has 0 bridgehead atoms. The summed E-state index contributed by atoms with van der Waals surface area (Å²) in [6.07, 6.45) is 0. The monoisotopic (exact) mass is 425 g/mol. The number of hydrogen-bond donors (Lipinski definition) is 2. The molecule has 2 aromatic heterocycles. The fourth-order valence-corrected chi connectivity index (χ4v) is 4.86. The molecule has 142 valence electrons. The lowest BCUT2D eigenvalue weighted by molar-refractivity contribution is 0.0941. The first kappa shape index (κ1) is 19.4. The maximum Gasteiger partial charge on any atom is 0.265 e. The molecule has 2 heterocycles. The van der Waals surface area contributed by atoms with Crippen molar-refractivity contribution in [3.05, 3.63) is 62.9 Å². The Labute approximate surface area is 165 Å². The first-order chi connectivity index (χ1) is 12.8. The number of carbonyl (C=O) groups is 1. The molecule has 0 aliphatic rings. The number of nitrogens with one attached hydrogen (secondary N) is 2. The quantitative estimate of drug-likeness (QED) is 0.621. The van der Waals surface area contributed by atoms with Gasteiger partial charge in [0.05, 0.1) is 6.04 Å². The largest absolute Gasteiger partial charge is 0.345 e. The summed E-state index contributed by atoms with van der Waals surface area (Å²) < 4.78 is 32.5. The predicted molar refractivity (Wildman–Crippen MR) is 104 cm³/mol. The zero-order chi connectivity index (χ0) is 19.6. The highest BCUT2D eigenvalue weighted by Crippen LogP contribution is 2.30. The van der Waals surface area contributed by atoms with Crippen molar-refractivity contribution in [1.29, 1.82) is 0 Å². The molecule has 0 saturated heterocycles. The molecule has 0 unspecified atom stereocenters. The Balaban J connectivity index is 1.82. The Morgan fingerprint density at radius 1 is 1.26 bits per heavy atom. The highest BCUT2D eigenvalue weighted by Gasteiger charge is 2.27. The van der Waals surface area contributed by atoms with Crippen LogP contribution in [0.5, 0.6) is 0 Å². The molecule has 1 atom stereocenters. The van der Waals surface area contributed by atoms with Gasteiger partial charge in [-0.05, 0) is 30.9 Å². The Hall–Kier alpha value is -2.36. The minimum Gasteiger partial charge on any atom is -0.345 e. The number of aryl methyl sites for hydroxylation is 1. The van der Waals surface area contributed by atoms with Crippen molar-refractivity contribution in [1.82, 2.24) is 10.5 Å². The Morgan fingerprint density at radius 2 is 1.96 bits per heavy atom. The second-order valence-corrected chi connectivity index (χ2v) is 8.68. The molecule has 0 spiro atoms. The van der Waals surface area contributed by atoms with E-state index in [4.69, 9.17) is 16.1 Å². The van der Waals surface area contributed by atoms with E-state index in [-0.39, 0.29) is 26.7 Å². The molecular formula is C17H16ClN3O4S2. The van der Waals surface area contributed by atoms with Crippen LogP contribution in [-0.2, 0) is 10.0 Å². The third kappa shape index (κ3) is 4.15. The number of carbonyl (C=O) groups excluding carboxylic acids is 1. The number of rotatable bonds is 6. The van der Waals surface area contributed by atoms with E-state index in [9.17, 15) is 13.2 Å². The maximum absolute atomic E-state index is 12.7. The van der Waals surface area contributed by atoms with E-state index in [1.807, 2.05) is 37.3 Å². The summed E-state index contributed by atoms with van der Waals surface area (Å²) in [5.41, 5.74) is 1.27. The van der Waals surface area contributed by atoms with Gasteiger partial charge >= 0.3 is 0 Å². The van der Waals surface area contributed by atoms with Crippen LogP contribution in [-0.4, -0.2) is 19.5 Å². The summed E-state index contributed by atoms with van der Waals surface area (Å²) >= 11 is 6.99. The lowest BCUT2D eigenvalue weighted by Crippen LogP contribution is -2.27. The van der Waals surface area contributed by atoms with Crippen LogP contribution in [0.15, 0.2) is 51.2 Å². The molecule has 0 saturated carbocycles. The van der Waals surface area contributed by atoms with Gasteiger partial charge in [0.2, 0.25) is 0 Å². The number of benzene rings is 1. The molecular weight excluding hydrogens is 410 g/mol. The van der Waals surface area contributed by atoms with Gasteiger partial charge in [-0.1, -0.05) is 47.1 Å². The standard InChI is InChI=1S/C17H16ClN3O4S2/c1-10(12-6-4-3-5-7-12)19-16(22)15-13(8-9-26-15)27(23,24)21-17-14(18)11(2)20-25-17/h3-10,21H,1-2H3,(H,19,22)/t10-/m0/s1. The summed E-state index contributed by atoms with van der Waals surface area (Å²) in [6, 6.07) is 10.4. The average Bonchev–Trinajstić information content (AvgIpc) is 3.26. The summed E-state index contributed by atoms with van der Waals surface area (Å²) in [5, 5.41) is 8.01. The molecule has 3 rings (SSSR count). The van der Waals surface area contributed by atoms with Crippen molar-refractivity contribution in [3.8, 4) is 0 Å². The Bertz CT molecular complexity index is 1060. The number of anilines is 1. The van der Waals surface area contributed by atoms with Crippen molar-refractivity contribution < 1.29 is 17.7 Å². The lowest BCUT2D eigenvalue weighted by Gasteiger charge is -2.14. The van der Waals surface area contributed by atoms with E-state index in [1.165, 1.54) is 11.4 Å². The summed E-state index contributed by atoms with van der Waals surface area (Å²) in [5.74, 6) is -0.675. The van der Waals surface area contributed by atoms with Crippen LogP contribution in [0.3, 0.4) is 0 Å². The molecule has 2 N–H and O–H groups in total. The fourth-order valence-electron chi connectivity index (χ4n) is 2.36. The van der Waals surface area contributed by atoms with Crippen molar-refractivity contribution in [2.45, 2.75) is 24.8 Å². The van der Waals surface area contributed by atoms with Crippen LogP contribution in [0.1, 0.15) is 33.9 Å². The average molecular weight is 426 g/mol. The summed E-state index contributed by atoms with van der Waals surface area (Å²) in [6.45, 7) is 3.41. The van der Waals surface area contributed by atoms with Gasteiger partial charge in [-0.25, -0.2) is 13.1 Å². The molecule has 0 aliphatic heterocycles. The Kier molecular flexibility index (Phi) is 5.54. The highest BCUT2D eigenvalue weighted by molar-refractivity contribution is 7.93. The van der Waals surface area contributed by atoms with Gasteiger partial charge < -0.3 is 9.84 Å². The second kappa shape index (κ2) is 7.71. The fraction of sp³-hybridized carbons (Fsp3) is 0.176. The molecule has 1 aromatic carbocycles. The van der Waals surface area contributed by atoms with Gasteiger partial charge in [0.25, 0.3) is 21.8 Å². The molecule has 7 nitrogen and oxygen atoms in total. The number of aromatic nitrogens is 1. The van der Waals surface area contributed by atoms with E-state index >= 15 is 0 Å². The van der Waals surface area contributed by atoms with E-state index < -0.39 is 15.9 Å². The molecule has 10 heteroatoms. The smallest absolute Gasteiger partial charge is 0.265 e. The molecule has 0 aliphatic carbocycles. The van der Waals surface area contributed by atoms with Crippen molar-refractivity contribution in [2.24, 2.45) is 0 Å². The zero-order valence-corrected chi connectivity index (χ0v) is 16.8. The number of nitrogens with zero attached hydrogens (tertiary/aromatic N) is 1. The first-order valence-electron chi connectivity index (χ1n) is 7.87. The topological polar surface area (TPSA) is 101 Å². The van der Waals surface area contributed by atoms with E-state index in [2.05, 4.69) is 15.2 Å². The zero-order valence-electron chi connectivity index (χ0n) is 14.4. The van der Waals surface area contributed by atoms with Crippen molar-refractivity contribution in [2.75, 3.05) is 4.72 Å². The molecule has 0 radical (unpaired) electrons. The minimum absolute atomic E-state index is 0.0671.